The molecule has 0 amide bonds. The minimum absolute atomic E-state index is 0.744. The van der Waals surface area contributed by atoms with Crippen LogP contribution < -0.4 is 20.2 Å². The second-order valence-corrected chi connectivity index (χ2v) is 15.0. The smallest absolute Gasteiger partial charge is 0.178 e. The number of hydrogen-bond donors (Lipinski definition) is 0. The maximum absolute atomic E-state index is 4.64. The van der Waals surface area contributed by atoms with Gasteiger partial charge in [-0.3, -0.25) is 0 Å². The number of nitrogens with zero attached hydrogens (tertiary/aromatic N) is 5. The molecule has 3 heterocycles. The fourth-order valence-electron chi connectivity index (χ4n) is 5.78. The minimum Gasteiger partial charge on any atom is -0.338 e. The van der Waals surface area contributed by atoms with E-state index in [4.69, 9.17) is 0 Å². The van der Waals surface area contributed by atoms with Crippen LogP contribution in [-0.2, 0) is 0 Å². The molecular weight excluding hydrogens is 482 g/mol. The first-order chi connectivity index (χ1) is 18.5. The Labute approximate surface area is 223 Å². The number of benzene rings is 4. The van der Waals surface area contributed by atoms with E-state index in [-0.39, 0.29) is 0 Å². The van der Waals surface area contributed by atoms with Crippen molar-refractivity contribution < 1.29 is 0 Å². The molecule has 6 aromatic rings. The highest BCUT2D eigenvalue weighted by Gasteiger charge is 2.30. The molecule has 38 heavy (non-hydrogen) atoms. The van der Waals surface area contributed by atoms with E-state index in [0.717, 1.165) is 24.0 Å². The van der Waals surface area contributed by atoms with Crippen molar-refractivity contribution in [2.24, 2.45) is 0 Å². The zero-order chi connectivity index (χ0) is 25.9. The van der Waals surface area contributed by atoms with E-state index >= 15 is 0 Å². The first-order valence-electron chi connectivity index (χ1n) is 13.0. The summed E-state index contributed by atoms with van der Waals surface area (Å²) in [5, 5.41) is 5.40. The van der Waals surface area contributed by atoms with Gasteiger partial charge in [0.05, 0.1) is 17.7 Å². The number of anilines is 3. The predicted molar refractivity (Wildman–Crippen MR) is 161 cm³/mol. The summed E-state index contributed by atoms with van der Waals surface area (Å²) < 4.78 is 2.41. The number of fused-ring (bicyclic) bond motifs is 4. The van der Waals surface area contributed by atoms with Gasteiger partial charge >= 0.3 is 0 Å². The third-order valence-electron chi connectivity index (χ3n) is 7.92. The average Bonchev–Trinajstić information content (AvgIpc) is 3.48. The molecule has 0 unspecified atom stereocenters. The van der Waals surface area contributed by atoms with Crippen molar-refractivity contribution in [2.75, 3.05) is 23.5 Å². The highest BCUT2D eigenvalue weighted by molar-refractivity contribution is 7.00. The molecular formula is C32H29N5Si. The van der Waals surface area contributed by atoms with Crippen LogP contribution in [0.4, 0.5) is 17.3 Å². The van der Waals surface area contributed by atoms with E-state index in [1.54, 1.807) is 12.4 Å². The third-order valence-corrected chi connectivity index (χ3v) is 11.4. The Morgan fingerprint density at radius 1 is 0.632 bits per heavy atom. The number of para-hydroxylation sites is 2. The molecule has 0 radical (unpaired) electrons. The molecule has 0 spiro atoms. The second-order valence-electron chi connectivity index (χ2n) is 10.6. The molecule has 0 saturated heterocycles. The second kappa shape index (κ2) is 8.57. The average molecular weight is 512 g/mol. The van der Waals surface area contributed by atoms with Crippen LogP contribution >= 0.6 is 0 Å². The van der Waals surface area contributed by atoms with Crippen LogP contribution in [0.5, 0.6) is 0 Å². The quantitative estimate of drug-likeness (QED) is 0.275. The lowest BCUT2D eigenvalue weighted by atomic mass is 10.1. The lowest BCUT2D eigenvalue weighted by molar-refractivity contribution is 0.936. The topological polar surface area (TPSA) is 37.2 Å². The summed E-state index contributed by atoms with van der Waals surface area (Å²) in [6.07, 6.45) is 3.53. The zero-order valence-corrected chi connectivity index (χ0v) is 22.8. The lowest BCUT2D eigenvalue weighted by Gasteiger charge is -2.26. The Morgan fingerprint density at radius 3 is 2.16 bits per heavy atom. The van der Waals surface area contributed by atoms with Gasteiger partial charge in [-0.05, 0) is 36.4 Å². The van der Waals surface area contributed by atoms with Crippen LogP contribution in [0.25, 0.3) is 27.5 Å². The lowest BCUT2D eigenvalue weighted by Crippen LogP contribution is -2.53. The molecule has 6 heteroatoms. The Balaban J connectivity index is 1.36. The van der Waals surface area contributed by atoms with Crippen molar-refractivity contribution in [2.45, 2.75) is 13.1 Å². The van der Waals surface area contributed by atoms with Gasteiger partial charge in [0.25, 0.3) is 0 Å². The predicted octanol–water partition coefficient (Wildman–Crippen LogP) is 5.94. The van der Waals surface area contributed by atoms with Crippen LogP contribution in [0.2, 0.25) is 13.1 Å². The van der Waals surface area contributed by atoms with Gasteiger partial charge < -0.3 is 14.4 Å². The van der Waals surface area contributed by atoms with Gasteiger partial charge in [0.1, 0.15) is 8.07 Å². The molecule has 0 atom stereocenters. The fourth-order valence-corrected chi connectivity index (χ4v) is 8.13. The Hall–Kier alpha value is -4.42. The summed E-state index contributed by atoms with van der Waals surface area (Å²) in [7, 11) is 0.0404. The molecule has 186 valence electrons. The van der Waals surface area contributed by atoms with E-state index < -0.39 is 8.07 Å². The summed E-state index contributed by atoms with van der Waals surface area (Å²) in [6.45, 7) is 5.65. The molecule has 2 aromatic heterocycles. The number of rotatable bonds is 4. The van der Waals surface area contributed by atoms with E-state index in [1.165, 1.54) is 37.9 Å². The molecule has 7 rings (SSSR count). The van der Waals surface area contributed by atoms with E-state index in [9.17, 15) is 0 Å². The molecule has 0 N–H and O–H groups in total. The van der Waals surface area contributed by atoms with Crippen LogP contribution in [0.3, 0.4) is 0 Å². The monoisotopic (exact) mass is 511 g/mol. The van der Waals surface area contributed by atoms with Gasteiger partial charge in [-0.15, -0.1) is 0 Å². The minimum atomic E-state index is -2.03. The van der Waals surface area contributed by atoms with Crippen LogP contribution in [0.1, 0.15) is 0 Å². The van der Waals surface area contributed by atoms with Gasteiger partial charge in [-0.25, -0.2) is 9.97 Å². The molecule has 0 bridgehead atoms. The van der Waals surface area contributed by atoms with Crippen molar-refractivity contribution in [3.05, 3.63) is 109 Å². The van der Waals surface area contributed by atoms with Crippen molar-refractivity contribution >= 4 is 57.6 Å². The Kier molecular flexibility index (Phi) is 5.13. The maximum Gasteiger partial charge on any atom is 0.178 e. The summed E-state index contributed by atoms with van der Waals surface area (Å²) in [4.78, 5) is 13.6. The van der Waals surface area contributed by atoms with Crippen molar-refractivity contribution in [1.29, 1.82) is 0 Å². The van der Waals surface area contributed by atoms with Crippen molar-refractivity contribution in [3.63, 3.8) is 0 Å². The largest absolute Gasteiger partial charge is 0.338 e. The van der Waals surface area contributed by atoms with Crippen LogP contribution in [-0.4, -0.2) is 36.3 Å². The van der Waals surface area contributed by atoms with Crippen LogP contribution in [0.15, 0.2) is 109 Å². The number of hydrogen-bond acceptors (Lipinski definition) is 4. The summed E-state index contributed by atoms with van der Waals surface area (Å²) in [5.41, 5.74) is 4.85. The first-order valence-corrected chi connectivity index (χ1v) is 16.0. The van der Waals surface area contributed by atoms with E-state index in [0.29, 0.717) is 0 Å². The molecule has 0 saturated carbocycles. The summed E-state index contributed by atoms with van der Waals surface area (Å²) >= 11 is 0. The van der Waals surface area contributed by atoms with E-state index in [1.807, 2.05) is 0 Å². The van der Waals surface area contributed by atoms with Gasteiger partial charge in [0.2, 0.25) is 0 Å². The van der Waals surface area contributed by atoms with Gasteiger partial charge in [0.15, 0.2) is 11.6 Å². The Bertz CT molecular complexity index is 1810. The third kappa shape index (κ3) is 3.44. The van der Waals surface area contributed by atoms with Gasteiger partial charge in [-0.1, -0.05) is 84.1 Å². The van der Waals surface area contributed by atoms with Crippen molar-refractivity contribution in [1.82, 2.24) is 14.5 Å². The standard InChI is InChI=1S/C32H29N5Si/c1-35-22-36(32-31(35)33-18-19-34-32)24-12-9-13-25(20-24)38(2,3)26-16-17-28-27-14-7-8-15-29(27)37(30(28)21-26)23-10-5-4-6-11-23/h4-21H,22H2,1-3H3. The van der Waals surface area contributed by atoms with Gasteiger partial charge in [0, 0.05) is 41.6 Å². The molecule has 1 aliphatic rings. The molecule has 5 nitrogen and oxygen atoms in total. The van der Waals surface area contributed by atoms with E-state index in [2.05, 4.69) is 142 Å². The normalized spacial score (nSPS) is 13.4. The van der Waals surface area contributed by atoms with Crippen molar-refractivity contribution in [3.8, 4) is 5.69 Å². The summed E-state index contributed by atoms with van der Waals surface area (Å²) in [5.74, 6) is 1.84. The first kappa shape index (κ1) is 22.7. The Morgan fingerprint density at radius 2 is 1.32 bits per heavy atom. The molecule has 0 fully saturated rings. The van der Waals surface area contributed by atoms with Gasteiger partial charge in [-0.2, -0.15) is 0 Å². The molecule has 1 aliphatic heterocycles. The number of aromatic nitrogens is 3. The summed E-state index contributed by atoms with van der Waals surface area (Å²) in [6, 6.07) is 35.6. The molecule has 4 aromatic carbocycles. The molecule has 0 aliphatic carbocycles. The highest BCUT2D eigenvalue weighted by atomic mass is 28.3. The fraction of sp³-hybridized carbons (Fsp3) is 0.125. The SMILES string of the molecule is CN1CN(c2cccc([Si](C)(C)c3ccc4c5ccccc5n(-c5ccccc5)c4c3)c2)c2nccnc21. The maximum atomic E-state index is 4.64. The highest BCUT2D eigenvalue weighted by Crippen LogP contribution is 2.36. The zero-order valence-electron chi connectivity index (χ0n) is 21.8. The van der Waals surface area contributed by atoms with Crippen LogP contribution in [0, 0.1) is 0 Å².